The Kier molecular flexibility index (Phi) is 5.39. The van der Waals surface area contributed by atoms with Crippen LogP contribution in [-0.2, 0) is 15.1 Å². The highest BCUT2D eigenvalue weighted by Crippen LogP contribution is 2.35. The third-order valence-corrected chi connectivity index (χ3v) is 4.41. The summed E-state index contributed by atoms with van der Waals surface area (Å²) in [4.78, 5) is 50.4. The molecule has 1 aliphatic rings. The van der Waals surface area contributed by atoms with Crippen molar-refractivity contribution in [2.45, 2.75) is 12.5 Å². The van der Waals surface area contributed by atoms with Crippen molar-refractivity contribution in [3.63, 3.8) is 0 Å². The minimum atomic E-state index is -1.44. The number of hydrogen-bond acceptors (Lipinski definition) is 4. The molecule has 1 saturated heterocycles. The van der Waals surface area contributed by atoms with E-state index in [0.29, 0.717) is 17.7 Å². The number of imide groups is 2. The van der Waals surface area contributed by atoms with Crippen LogP contribution in [0.3, 0.4) is 0 Å². The van der Waals surface area contributed by atoms with Crippen LogP contribution in [-0.4, -0.2) is 41.9 Å². The molecule has 0 aliphatic carbocycles. The Bertz CT molecular complexity index is 859. The van der Waals surface area contributed by atoms with E-state index in [4.69, 9.17) is 0 Å². The SMILES string of the molecule is CCNC(=O)NC(=O)CN1C(=O)NC(c2ccccc2)(c2ccccc2)C1=O. The zero-order valence-electron chi connectivity index (χ0n) is 15.3. The molecule has 8 nitrogen and oxygen atoms in total. The fraction of sp³-hybridized carbons (Fsp3) is 0.200. The Labute approximate surface area is 161 Å². The van der Waals surface area contributed by atoms with Gasteiger partial charge in [0.25, 0.3) is 5.91 Å². The van der Waals surface area contributed by atoms with Gasteiger partial charge in [-0.25, -0.2) is 9.59 Å². The number of carbonyl (C=O) groups excluding carboxylic acids is 4. The lowest BCUT2D eigenvalue weighted by molar-refractivity contribution is -0.134. The Balaban J connectivity index is 1.94. The Morgan fingerprint density at radius 3 is 2.00 bits per heavy atom. The van der Waals surface area contributed by atoms with Gasteiger partial charge in [-0.1, -0.05) is 60.7 Å². The van der Waals surface area contributed by atoms with Crippen molar-refractivity contribution >= 4 is 23.9 Å². The summed E-state index contributed by atoms with van der Waals surface area (Å²) in [6.07, 6.45) is 0. The molecule has 1 fully saturated rings. The summed E-state index contributed by atoms with van der Waals surface area (Å²) < 4.78 is 0. The lowest BCUT2D eigenvalue weighted by Crippen LogP contribution is -2.47. The maximum atomic E-state index is 13.3. The second kappa shape index (κ2) is 7.91. The zero-order valence-corrected chi connectivity index (χ0v) is 15.3. The summed E-state index contributed by atoms with van der Waals surface area (Å²) in [6.45, 7) is 1.48. The summed E-state index contributed by atoms with van der Waals surface area (Å²) >= 11 is 0. The van der Waals surface area contributed by atoms with E-state index in [2.05, 4.69) is 16.0 Å². The van der Waals surface area contributed by atoms with E-state index >= 15 is 0 Å². The molecule has 0 spiro atoms. The van der Waals surface area contributed by atoms with Gasteiger partial charge >= 0.3 is 12.1 Å². The van der Waals surface area contributed by atoms with Crippen LogP contribution in [0.25, 0.3) is 0 Å². The molecule has 28 heavy (non-hydrogen) atoms. The molecule has 0 bridgehead atoms. The third kappa shape index (κ3) is 3.44. The molecule has 3 N–H and O–H groups in total. The Morgan fingerprint density at radius 1 is 0.964 bits per heavy atom. The smallest absolute Gasteiger partial charge is 0.326 e. The molecule has 0 radical (unpaired) electrons. The highest BCUT2D eigenvalue weighted by atomic mass is 16.2. The Hall–Kier alpha value is -3.68. The van der Waals surface area contributed by atoms with Crippen molar-refractivity contribution in [2.24, 2.45) is 0 Å². The molecular weight excluding hydrogens is 360 g/mol. The van der Waals surface area contributed by atoms with Gasteiger partial charge in [0.1, 0.15) is 6.54 Å². The van der Waals surface area contributed by atoms with E-state index in [0.717, 1.165) is 4.90 Å². The number of nitrogens with one attached hydrogen (secondary N) is 3. The molecule has 1 aliphatic heterocycles. The first-order chi connectivity index (χ1) is 13.5. The van der Waals surface area contributed by atoms with E-state index in [9.17, 15) is 19.2 Å². The predicted molar refractivity (Wildman–Crippen MR) is 101 cm³/mol. The van der Waals surface area contributed by atoms with E-state index in [-0.39, 0.29) is 0 Å². The molecule has 3 rings (SSSR count). The van der Waals surface area contributed by atoms with Crippen LogP contribution in [0.4, 0.5) is 9.59 Å². The third-order valence-electron chi connectivity index (χ3n) is 4.41. The van der Waals surface area contributed by atoms with Gasteiger partial charge in [0, 0.05) is 6.54 Å². The summed E-state index contributed by atoms with van der Waals surface area (Å²) in [5.74, 6) is -1.34. The monoisotopic (exact) mass is 380 g/mol. The minimum absolute atomic E-state index is 0.341. The number of hydrogen-bond donors (Lipinski definition) is 3. The summed E-state index contributed by atoms with van der Waals surface area (Å²) in [6, 6.07) is 16.3. The molecule has 0 aromatic heterocycles. The fourth-order valence-corrected chi connectivity index (χ4v) is 3.17. The van der Waals surface area contributed by atoms with Crippen LogP contribution >= 0.6 is 0 Å². The number of urea groups is 2. The van der Waals surface area contributed by atoms with Crippen LogP contribution in [0, 0.1) is 0 Å². The van der Waals surface area contributed by atoms with Crippen LogP contribution in [0.1, 0.15) is 18.1 Å². The van der Waals surface area contributed by atoms with Crippen molar-refractivity contribution in [1.82, 2.24) is 20.9 Å². The van der Waals surface area contributed by atoms with Gasteiger partial charge < -0.3 is 10.6 Å². The number of rotatable bonds is 5. The molecule has 6 amide bonds. The molecule has 0 atom stereocenters. The molecule has 2 aromatic carbocycles. The molecule has 144 valence electrons. The quantitative estimate of drug-likeness (QED) is 0.680. The first-order valence-electron chi connectivity index (χ1n) is 8.82. The van der Waals surface area contributed by atoms with Gasteiger partial charge in [-0.3, -0.25) is 19.8 Å². The van der Waals surface area contributed by atoms with E-state index in [1.807, 2.05) is 0 Å². The van der Waals surface area contributed by atoms with Gasteiger partial charge in [-0.05, 0) is 18.1 Å². The molecule has 1 heterocycles. The van der Waals surface area contributed by atoms with Crippen molar-refractivity contribution < 1.29 is 19.2 Å². The van der Waals surface area contributed by atoms with Crippen LogP contribution in [0.5, 0.6) is 0 Å². The normalized spacial score (nSPS) is 15.1. The molecule has 0 unspecified atom stereocenters. The van der Waals surface area contributed by atoms with Gasteiger partial charge in [0.2, 0.25) is 5.91 Å². The lowest BCUT2D eigenvalue weighted by Gasteiger charge is -2.27. The number of benzene rings is 2. The standard InChI is InChI=1S/C20H20N4O4/c1-2-21-18(27)22-16(25)13-24-17(26)20(23-19(24)28,14-9-5-3-6-10-14)15-11-7-4-8-12-15/h3-12H,2,13H2,1H3,(H,23,28)(H2,21,22,25,27). The Morgan fingerprint density at radius 2 is 1.50 bits per heavy atom. The number of carbonyl (C=O) groups is 4. The van der Waals surface area contributed by atoms with Crippen molar-refractivity contribution in [3.8, 4) is 0 Å². The maximum Gasteiger partial charge on any atom is 0.326 e. The second-order valence-electron chi connectivity index (χ2n) is 6.21. The van der Waals surface area contributed by atoms with Crippen molar-refractivity contribution in [2.75, 3.05) is 13.1 Å². The average molecular weight is 380 g/mol. The van der Waals surface area contributed by atoms with Crippen LogP contribution in [0.2, 0.25) is 0 Å². The first-order valence-corrected chi connectivity index (χ1v) is 8.82. The average Bonchev–Trinajstić information content (AvgIpc) is 2.95. The fourth-order valence-electron chi connectivity index (χ4n) is 3.17. The number of amides is 6. The summed E-state index contributed by atoms with van der Waals surface area (Å²) in [5.41, 5.74) is -0.289. The van der Waals surface area contributed by atoms with Gasteiger partial charge in [0.05, 0.1) is 0 Å². The molecule has 8 heteroatoms. The van der Waals surface area contributed by atoms with E-state index in [1.54, 1.807) is 67.6 Å². The van der Waals surface area contributed by atoms with E-state index < -0.39 is 36.0 Å². The van der Waals surface area contributed by atoms with E-state index in [1.165, 1.54) is 0 Å². The summed E-state index contributed by atoms with van der Waals surface area (Å²) in [7, 11) is 0. The second-order valence-corrected chi connectivity index (χ2v) is 6.21. The predicted octanol–water partition coefficient (Wildman–Crippen LogP) is 1.33. The summed E-state index contributed by atoms with van der Waals surface area (Å²) in [5, 5.41) is 7.25. The highest BCUT2D eigenvalue weighted by Gasteiger charge is 2.54. The molecule has 0 saturated carbocycles. The van der Waals surface area contributed by atoms with Gasteiger partial charge in [-0.2, -0.15) is 0 Å². The maximum absolute atomic E-state index is 13.3. The lowest BCUT2D eigenvalue weighted by atomic mass is 9.82. The van der Waals surface area contributed by atoms with Crippen molar-refractivity contribution in [3.05, 3.63) is 71.8 Å². The molecule has 2 aromatic rings. The largest absolute Gasteiger partial charge is 0.338 e. The van der Waals surface area contributed by atoms with Crippen LogP contribution in [0.15, 0.2) is 60.7 Å². The number of nitrogens with zero attached hydrogens (tertiary/aromatic N) is 1. The van der Waals surface area contributed by atoms with Crippen LogP contribution < -0.4 is 16.0 Å². The first kappa shape index (κ1) is 19.1. The van der Waals surface area contributed by atoms with Gasteiger partial charge in [-0.15, -0.1) is 0 Å². The highest BCUT2D eigenvalue weighted by molar-refractivity contribution is 6.12. The molecular formula is C20H20N4O4. The topological polar surface area (TPSA) is 108 Å². The zero-order chi connectivity index (χ0) is 20.1. The van der Waals surface area contributed by atoms with Crippen molar-refractivity contribution in [1.29, 1.82) is 0 Å². The van der Waals surface area contributed by atoms with Gasteiger partial charge in [0.15, 0.2) is 5.54 Å². The minimum Gasteiger partial charge on any atom is -0.338 e.